The fraction of sp³-hybridized carbons (Fsp3) is 0.364. The first kappa shape index (κ1) is 9.19. The van der Waals surface area contributed by atoms with Crippen LogP contribution in [0, 0.1) is 5.82 Å². The Labute approximate surface area is 82.1 Å². The van der Waals surface area contributed by atoms with Crippen LogP contribution in [-0.2, 0) is 11.2 Å². The zero-order valence-electron chi connectivity index (χ0n) is 8.23. The van der Waals surface area contributed by atoms with Crippen LogP contribution in [-0.4, -0.2) is 5.91 Å². The number of benzene rings is 1. The maximum Gasteiger partial charge on any atom is 0.228 e. The van der Waals surface area contributed by atoms with Crippen LogP contribution >= 0.6 is 0 Å². The van der Waals surface area contributed by atoms with Gasteiger partial charge < -0.3 is 5.32 Å². The van der Waals surface area contributed by atoms with Crippen LogP contribution in [0.15, 0.2) is 12.1 Å². The molecule has 0 unspecified atom stereocenters. The van der Waals surface area contributed by atoms with E-state index in [0.717, 1.165) is 11.1 Å². The standard InChI is InChI=1S/C11H12FNO/c1-6(2)7-3-8-5-10(14)13-11(8)9(12)4-7/h3-4,6H,5H2,1-2H3,(H,13,14). The summed E-state index contributed by atoms with van der Waals surface area (Å²) in [5, 5.41) is 2.52. The molecule has 0 aliphatic carbocycles. The van der Waals surface area contributed by atoms with Gasteiger partial charge in [0, 0.05) is 0 Å². The van der Waals surface area contributed by atoms with Gasteiger partial charge in [-0.2, -0.15) is 0 Å². The van der Waals surface area contributed by atoms with Crippen LogP contribution in [0.2, 0.25) is 0 Å². The van der Waals surface area contributed by atoms with Gasteiger partial charge in [0.25, 0.3) is 0 Å². The first-order valence-corrected chi connectivity index (χ1v) is 4.70. The fourth-order valence-corrected chi connectivity index (χ4v) is 1.66. The molecule has 0 aromatic heterocycles. The molecule has 0 spiro atoms. The quantitative estimate of drug-likeness (QED) is 0.729. The molecule has 2 rings (SSSR count). The highest BCUT2D eigenvalue weighted by atomic mass is 19.1. The Hall–Kier alpha value is -1.38. The van der Waals surface area contributed by atoms with Crippen molar-refractivity contribution in [2.24, 2.45) is 0 Å². The minimum Gasteiger partial charge on any atom is -0.323 e. The third-order valence-electron chi connectivity index (χ3n) is 2.48. The zero-order valence-corrected chi connectivity index (χ0v) is 8.23. The third kappa shape index (κ3) is 1.39. The van der Waals surface area contributed by atoms with E-state index in [1.165, 1.54) is 6.07 Å². The Bertz CT molecular complexity index is 399. The highest BCUT2D eigenvalue weighted by Crippen LogP contribution is 2.30. The lowest BCUT2D eigenvalue weighted by molar-refractivity contribution is -0.115. The van der Waals surface area contributed by atoms with Crippen molar-refractivity contribution in [3.05, 3.63) is 29.1 Å². The molecule has 0 saturated carbocycles. The van der Waals surface area contributed by atoms with Crippen LogP contribution in [0.25, 0.3) is 0 Å². The molecular formula is C11H12FNO. The van der Waals surface area contributed by atoms with E-state index in [-0.39, 0.29) is 17.6 Å². The monoisotopic (exact) mass is 193 g/mol. The molecule has 1 amide bonds. The first-order valence-electron chi connectivity index (χ1n) is 4.70. The van der Waals surface area contributed by atoms with Gasteiger partial charge in [0.1, 0.15) is 5.82 Å². The van der Waals surface area contributed by atoms with Crippen LogP contribution in [0.5, 0.6) is 0 Å². The SMILES string of the molecule is CC(C)c1cc(F)c2c(c1)CC(=O)N2. The lowest BCUT2D eigenvalue weighted by Crippen LogP contribution is -2.04. The summed E-state index contributed by atoms with van der Waals surface area (Å²) >= 11 is 0. The number of carbonyl (C=O) groups is 1. The van der Waals surface area contributed by atoms with Crippen LogP contribution < -0.4 is 5.32 Å². The summed E-state index contributed by atoms with van der Waals surface area (Å²) in [4.78, 5) is 11.1. The lowest BCUT2D eigenvalue weighted by Gasteiger charge is -2.08. The molecule has 14 heavy (non-hydrogen) atoms. The van der Waals surface area contributed by atoms with Gasteiger partial charge >= 0.3 is 0 Å². The van der Waals surface area contributed by atoms with Crippen molar-refractivity contribution in [2.45, 2.75) is 26.2 Å². The molecule has 0 atom stereocenters. The molecular weight excluding hydrogens is 181 g/mol. The van der Waals surface area contributed by atoms with E-state index in [9.17, 15) is 9.18 Å². The molecule has 1 aliphatic rings. The topological polar surface area (TPSA) is 29.1 Å². The Morgan fingerprint density at radius 3 is 2.79 bits per heavy atom. The zero-order chi connectivity index (χ0) is 10.3. The fourth-order valence-electron chi connectivity index (χ4n) is 1.66. The Balaban J connectivity index is 2.51. The Morgan fingerprint density at radius 2 is 2.14 bits per heavy atom. The summed E-state index contributed by atoms with van der Waals surface area (Å²) in [6.07, 6.45) is 0.298. The number of amides is 1. The normalized spacial score (nSPS) is 14.4. The third-order valence-corrected chi connectivity index (χ3v) is 2.48. The van der Waals surface area contributed by atoms with Crippen molar-refractivity contribution in [3.8, 4) is 0 Å². The van der Waals surface area contributed by atoms with Gasteiger partial charge in [-0.05, 0) is 23.1 Å². The summed E-state index contributed by atoms with van der Waals surface area (Å²) in [7, 11) is 0. The van der Waals surface area contributed by atoms with Crippen molar-refractivity contribution < 1.29 is 9.18 Å². The summed E-state index contributed by atoms with van der Waals surface area (Å²) in [5.41, 5.74) is 2.08. The number of hydrogen-bond donors (Lipinski definition) is 1. The maximum absolute atomic E-state index is 13.5. The highest BCUT2D eigenvalue weighted by Gasteiger charge is 2.22. The largest absolute Gasteiger partial charge is 0.323 e. The van der Waals surface area contributed by atoms with Crippen LogP contribution in [0.1, 0.15) is 30.9 Å². The Morgan fingerprint density at radius 1 is 1.43 bits per heavy atom. The van der Waals surface area contributed by atoms with Crippen molar-refractivity contribution in [3.63, 3.8) is 0 Å². The summed E-state index contributed by atoms with van der Waals surface area (Å²) in [6, 6.07) is 3.40. The van der Waals surface area contributed by atoms with E-state index in [0.29, 0.717) is 12.1 Å². The number of halogens is 1. The van der Waals surface area contributed by atoms with Gasteiger partial charge in [0.15, 0.2) is 0 Å². The molecule has 1 N–H and O–H groups in total. The second-order valence-electron chi connectivity index (χ2n) is 3.92. The van der Waals surface area contributed by atoms with E-state index >= 15 is 0 Å². The molecule has 1 aromatic rings. The van der Waals surface area contributed by atoms with E-state index in [2.05, 4.69) is 5.32 Å². The van der Waals surface area contributed by atoms with Crippen molar-refractivity contribution in [2.75, 3.05) is 5.32 Å². The van der Waals surface area contributed by atoms with Gasteiger partial charge in [-0.1, -0.05) is 19.9 Å². The number of nitrogens with one attached hydrogen (secondary N) is 1. The van der Waals surface area contributed by atoms with E-state index in [1.807, 2.05) is 19.9 Å². The van der Waals surface area contributed by atoms with Gasteiger partial charge in [-0.25, -0.2) is 4.39 Å². The molecule has 0 bridgehead atoms. The molecule has 0 fully saturated rings. The molecule has 3 heteroatoms. The predicted octanol–water partition coefficient (Wildman–Crippen LogP) is 2.44. The second-order valence-corrected chi connectivity index (χ2v) is 3.92. The summed E-state index contributed by atoms with van der Waals surface area (Å²) in [6.45, 7) is 4.01. The average molecular weight is 193 g/mol. The number of rotatable bonds is 1. The molecule has 0 radical (unpaired) electrons. The lowest BCUT2D eigenvalue weighted by atomic mass is 9.99. The Kier molecular flexibility index (Phi) is 2.02. The van der Waals surface area contributed by atoms with E-state index in [4.69, 9.17) is 0 Å². The van der Waals surface area contributed by atoms with Gasteiger partial charge in [-0.3, -0.25) is 4.79 Å². The first-order chi connectivity index (χ1) is 6.58. The van der Waals surface area contributed by atoms with E-state index in [1.54, 1.807) is 0 Å². The molecule has 1 heterocycles. The number of hydrogen-bond acceptors (Lipinski definition) is 1. The highest BCUT2D eigenvalue weighted by molar-refractivity contribution is 5.99. The summed E-state index contributed by atoms with van der Waals surface area (Å²) in [5.74, 6) is -0.164. The van der Waals surface area contributed by atoms with Gasteiger partial charge in [-0.15, -0.1) is 0 Å². The van der Waals surface area contributed by atoms with Crippen molar-refractivity contribution in [1.82, 2.24) is 0 Å². The van der Waals surface area contributed by atoms with Crippen LogP contribution in [0.3, 0.4) is 0 Å². The maximum atomic E-state index is 13.5. The predicted molar refractivity (Wildman–Crippen MR) is 52.8 cm³/mol. The number of carbonyl (C=O) groups excluding carboxylic acids is 1. The minimum absolute atomic E-state index is 0.125. The second kappa shape index (κ2) is 3.08. The molecule has 74 valence electrons. The number of fused-ring (bicyclic) bond motifs is 1. The smallest absolute Gasteiger partial charge is 0.228 e. The average Bonchev–Trinajstić information content (AvgIpc) is 2.45. The minimum atomic E-state index is -0.322. The van der Waals surface area contributed by atoms with E-state index < -0.39 is 0 Å². The molecule has 0 saturated heterocycles. The van der Waals surface area contributed by atoms with Crippen LogP contribution in [0.4, 0.5) is 10.1 Å². The van der Waals surface area contributed by atoms with Gasteiger partial charge in [0.2, 0.25) is 5.91 Å². The van der Waals surface area contributed by atoms with Gasteiger partial charge in [0.05, 0.1) is 12.1 Å². The van der Waals surface area contributed by atoms with Crippen molar-refractivity contribution >= 4 is 11.6 Å². The summed E-state index contributed by atoms with van der Waals surface area (Å²) < 4.78 is 13.5. The number of anilines is 1. The molecule has 2 nitrogen and oxygen atoms in total. The molecule has 1 aliphatic heterocycles. The van der Waals surface area contributed by atoms with Crippen molar-refractivity contribution in [1.29, 1.82) is 0 Å². The molecule has 1 aromatic carbocycles.